The molecule has 3 N–H and O–H groups in total. The number of amides is 4. The summed E-state index contributed by atoms with van der Waals surface area (Å²) in [5, 5.41) is 14.6. The van der Waals surface area contributed by atoms with Crippen molar-refractivity contribution < 1.29 is 38.6 Å². The number of carbonyl (C=O) groups is 5. The number of alkyl carbamates (subject to hydrolysis) is 1. The monoisotopic (exact) mass is 741 g/mol. The zero-order valence-electron chi connectivity index (χ0n) is 29.3. The lowest BCUT2D eigenvalue weighted by atomic mass is 9.98. The number of guanidine groups is 1. The van der Waals surface area contributed by atoms with Crippen molar-refractivity contribution in [2.75, 3.05) is 32.8 Å². The van der Waals surface area contributed by atoms with Gasteiger partial charge in [-0.1, -0.05) is 109 Å². The number of hydrogen-bond donors (Lipinski definition) is 3. The van der Waals surface area contributed by atoms with Gasteiger partial charge in [-0.2, -0.15) is 4.99 Å². The highest BCUT2D eigenvalue weighted by Gasteiger charge is 2.38. The van der Waals surface area contributed by atoms with Crippen LogP contribution in [-0.4, -0.2) is 102 Å². The number of amidine groups is 1. The van der Waals surface area contributed by atoms with E-state index in [4.69, 9.17) is 9.47 Å². The number of nitrogens with one attached hydrogen (secondary N) is 2. The highest BCUT2D eigenvalue weighted by molar-refractivity contribution is 6.24. The first-order chi connectivity index (χ1) is 26.7. The second kappa shape index (κ2) is 16.2. The molecule has 0 bridgehead atoms. The molecule has 0 spiro atoms. The summed E-state index contributed by atoms with van der Waals surface area (Å²) in [5.41, 5.74) is 5.70. The quantitative estimate of drug-likeness (QED) is 0.193. The van der Waals surface area contributed by atoms with Crippen LogP contribution in [0.5, 0.6) is 0 Å². The van der Waals surface area contributed by atoms with Gasteiger partial charge in [0.2, 0.25) is 11.9 Å². The molecule has 7 rings (SSSR count). The van der Waals surface area contributed by atoms with E-state index in [-0.39, 0.29) is 37.4 Å². The molecule has 15 heteroatoms. The van der Waals surface area contributed by atoms with Crippen LogP contribution in [0.1, 0.15) is 34.3 Å². The SMILES string of the molecule is O=C(O)CN(CCNC(=O)OCC1c2ccccc2-c2ccccc21)C(=O)CN1C=NC2C(=O)N/C(=N\C(=O)OC(c3ccccc3)c3ccccc3)N=C21. The third kappa shape index (κ3) is 8.25. The molecule has 278 valence electrons. The van der Waals surface area contributed by atoms with Crippen molar-refractivity contribution >= 4 is 48.1 Å². The minimum Gasteiger partial charge on any atom is -0.480 e. The van der Waals surface area contributed by atoms with Crippen molar-refractivity contribution in [2.45, 2.75) is 18.1 Å². The normalized spacial score (nSPS) is 16.1. The topological polar surface area (TPSA) is 192 Å². The van der Waals surface area contributed by atoms with Crippen LogP contribution in [0.25, 0.3) is 11.1 Å². The molecule has 1 unspecified atom stereocenters. The predicted octanol–water partition coefficient (Wildman–Crippen LogP) is 3.96. The third-order valence-corrected chi connectivity index (χ3v) is 9.20. The lowest BCUT2D eigenvalue weighted by Gasteiger charge is -2.26. The summed E-state index contributed by atoms with van der Waals surface area (Å²) < 4.78 is 11.3. The summed E-state index contributed by atoms with van der Waals surface area (Å²) in [7, 11) is 0. The Morgan fingerprint density at radius 2 is 1.47 bits per heavy atom. The maximum Gasteiger partial charge on any atom is 0.437 e. The van der Waals surface area contributed by atoms with Gasteiger partial charge in [0.25, 0.3) is 5.91 Å². The molecule has 1 aliphatic carbocycles. The molecule has 4 aromatic carbocycles. The van der Waals surface area contributed by atoms with E-state index in [0.29, 0.717) is 11.1 Å². The zero-order valence-corrected chi connectivity index (χ0v) is 29.3. The van der Waals surface area contributed by atoms with Crippen molar-refractivity contribution in [2.24, 2.45) is 15.0 Å². The minimum atomic E-state index is -1.27. The van der Waals surface area contributed by atoms with Gasteiger partial charge in [-0.25, -0.2) is 9.59 Å². The minimum absolute atomic E-state index is 0.0124. The van der Waals surface area contributed by atoms with Crippen LogP contribution in [0, 0.1) is 0 Å². The standard InChI is InChI=1S/C40H35N7O8/c48-32(46(22-33(49)50)20-19-41-39(52)54-23-31-29-17-9-7-15-27(29)28-16-8-10-18-30(28)31)21-47-24-42-34-36(47)43-38(44-37(34)51)45-40(53)55-35(25-11-3-1-4-12-25)26-13-5-2-6-14-26/h1-18,24,31,34-35H,19-23H2,(H,41,52)(H,49,50)(H,44,45,51,53). The van der Waals surface area contributed by atoms with Crippen LogP contribution in [-0.2, 0) is 23.9 Å². The molecule has 0 radical (unpaired) electrons. The average molecular weight is 742 g/mol. The van der Waals surface area contributed by atoms with Crippen LogP contribution in [0.2, 0.25) is 0 Å². The van der Waals surface area contributed by atoms with Crippen molar-refractivity contribution in [3.63, 3.8) is 0 Å². The largest absolute Gasteiger partial charge is 0.480 e. The summed E-state index contributed by atoms with van der Waals surface area (Å²) in [5.74, 6) is -3.05. The van der Waals surface area contributed by atoms with E-state index in [2.05, 4.69) is 25.6 Å². The number of carbonyl (C=O) groups excluding carboxylic acids is 4. The van der Waals surface area contributed by atoms with Gasteiger partial charge in [0.1, 0.15) is 25.5 Å². The van der Waals surface area contributed by atoms with Gasteiger partial charge in [-0.3, -0.25) is 24.7 Å². The van der Waals surface area contributed by atoms with E-state index < -0.39 is 55.2 Å². The van der Waals surface area contributed by atoms with Crippen LogP contribution in [0.4, 0.5) is 9.59 Å². The number of rotatable bonds is 12. The number of fused-ring (bicyclic) bond motifs is 4. The summed E-state index contributed by atoms with van der Waals surface area (Å²) in [6, 6.07) is 32.9. The zero-order chi connectivity index (χ0) is 38.3. The molecular weight excluding hydrogens is 706 g/mol. The molecule has 2 heterocycles. The highest BCUT2D eigenvalue weighted by atomic mass is 16.6. The fourth-order valence-electron chi connectivity index (χ4n) is 6.67. The Kier molecular flexibility index (Phi) is 10.7. The number of nitrogens with zero attached hydrogens (tertiary/aromatic N) is 5. The molecule has 0 aromatic heterocycles. The molecule has 15 nitrogen and oxygen atoms in total. The van der Waals surface area contributed by atoms with Gasteiger partial charge in [0, 0.05) is 19.0 Å². The number of carboxylic acids is 1. The summed E-state index contributed by atoms with van der Waals surface area (Å²) in [4.78, 5) is 78.4. The lowest BCUT2D eigenvalue weighted by Crippen LogP contribution is -2.51. The third-order valence-electron chi connectivity index (χ3n) is 9.20. The Balaban J connectivity index is 0.963. The molecule has 55 heavy (non-hydrogen) atoms. The number of hydrogen-bond acceptors (Lipinski definition) is 9. The molecular formula is C40H35N7O8. The smallest absolute Gasteiger partial charge is 0.437 e. The Morgan fingerprint density at radius 1 is 0.873 bits per heavy atom. The molecule has 0 saturated carbocycles. The Labute approximate surface area is 315 Å². The van der Waals surface area contributed by atoms with Crippen LogP contribution >= 0.6 is 0 Å². The summed E-state index contributed by atoms with van der Waals surface area (Å²) in [6.07, 6.45) is -1.29. The number of aliphatic imine (C=N–C) groups is 3. The van der Waals surface area contributed by atoms with Crippen LogP contribution < -0.4 is 10.6 Å². The number of aliphatic carboxylic acids is 1. The Hall–Kier alpha value is -7.16. The van der Waals surface area contributed by atoms with Crippen LogP contribution in [0.3, 0.4) is 0 Å². The highest BCUT2D eigenvalue weighted by Crippen LogP contribution is 2.44. The second-order valence-corrected chi connectivity index (χ2v) is 12.7. The predicted molar refractivity (Wildman–Crippen MR) is 200 cm³/mol. The van der Waals surface area contributed by atoms with Gasteiger partial charge in [-0.15, -0.1) is 4.99 Å². The van der Waals surface area contributed by atoms with Crippen molar-refractivity contribution in [1.82, 2.24) is 20.4 Å². The first-order valence-corrected chi connectivity index (χ1v) is 17.4. The summed E-state index contributed by atoms with van der Waals surface area (Å²) in [6.45, 7) is -1.26. The molecule has 4 aromatic rings. The fraction of sp³-hybridized carbons (Fsp3) is 0.200. The Morgan fingerprint density at radius 3 is 2.09 bits per heavy atom. The fourth-order valence-corrected chi connectivity index (χ4v) is 6.67. The van der Waals surface area contributed by atoms with Gasteiger partial charge < -0.3 is 29.7 Å². The van der Waals surface area contributed by atoms with Gasteiger partial charge in [0.05, 0.1) is 6.34 Å². The van der Waals surface area contributed by atoms with E-state index in [1.54, 1.807) is 24.3 Å². The molecule has 0 fully saturated rings. The maximum absolute atomic E-state index is 13.4. The molecule has 0 saturated heterocycles. The van der Waals surface area contributed by atoms with Crippen LogP contribution in [0.15, 0.2) is 124 Å². The molecule has 3 aliphatic rings. The van der Waals surface area contributed by atoms with Gasteiger partial charge in [0.15, 0.2) is 12.1 Å². The average Bonchev–Trinajstić information content (AvgIpc) is 3.75. The first kappa shape index (κ1) is 36.2. The second-order valence-electron chi connectivity index (χ2n) is 12.7. The number of ether oxygens (including phenoxy) is 2. The van der Waals surface area contributed by atoms with E-state index in [9.17, 15) is 29.1 Å². The molecule has 2 aliphatic heterocycles. The van der Waals surface area contributed by atoms with E-state index >= 15 is 0 Å². The lowest BCUT2D eigenvalue weighted by molar-refractivity contribution is -0.144. The number of carboxylic acid groups (broad SMARTS) is 1. The maximum atomic E-state index is 13.4. The van der Waals surface area contributed by atoms with E-state index in [1.165, 1.54) is 11.2 Å². The number of benzene rings is 4. The molecule has 1 atom stereocenters. The first-order valence-electron chi connectivity index (χ1n) is 17.4. The molecule has 4 amide bonds. The van der Waals surface area contributed by atoms with E-state index in [0.717, 1.165) is 27.2 Å². The van der Waals surface area contributed by atoms with Gasteiger partial charge >= 0.3 is 18.2 Å². The summed E-state index contributed by atoms with van der Waals surface area (Å²) >= 11 is 0. The van der Waals surface area contributed by atoms with E-state index in [1.807, 2.05) is 84.9 Å². The van der Waals surface area contributed by atoms with Crippen molar-refractivity contribution in [1.29, 1.82) is 0 Å². The van der Waals surface area contributed by atoms with Crippen molar-refractivity contribution in [3.05, 3.63) is 131 Å². The van der Waals surface area contributed by atoms with Gasteiger partial charge in [-0.05, 0) is 33.4 Å². The Bertz CT molecular complexity index is 2120. The van der Waals surface area contributed by atoms with Crippen molar-refractivity contribution in [3.8, 4) is 11.1 Å².